The molecule has 2 heterocycles. The van der Waals surface area contributed by atoms with Gasteiger partial charge in [0.2, 0.25) is 5.91 Å². The molecule has 0 saturated carbocycles. The van der Waals surface area contributed by atoms with Crippen molar-refractivity contribution in [3.05, 3.63) is 87.8 Å². The highest BCUT2D eigenvalue weighted by Gasteiger charge is 2.18. The van der Waals surface area contributed by atoms with Crippen molar-refractivity contribution in [2.75, 3.05) is 11.9 Å². The molecule has 4 rings (SSSR count). The van der Waals surface area contributed by atoms with Crippen molar-refractivity contribution in [1.29, 1.82) is 0 Å². The van der Waals surface area contributed by atoms with Gasteiger partial charge < -0.3 is 10.1 Å². The highest BCUT2D eigenvalue weighted by atomic mass is 16.5. The number of carbonyl (C=O) groups is 2. The van der Waals surface area contributed by atoms with E-state index in [0.29, 0.717) is 34.6 Å². The number of ether oxygens (including phenoxy) is 1. The van der Waals surface area contributed by atoms with Crippen LogP contribution in [0.3, 0.4) is 0 Å². The molecule has 1 N–H and O–H groups in total. The van der Waals surface area contributed by atoms with Crippen LogP contribution in [0.1, 0.15) is 28.4 Å². The molecular formula is C25H24N4O4. The van der Waals surface area contributed by atoms with Crippen LogP contribution < -0.4 is 10.9 Å². The van der Waals surface area contributed by atoms with Crippen LogP contribution in [0.15, 0.2) is 65.6 Å². The molecule has 0 saturated heterocycles. The average molecular weight is 444 g/mol. The topological polar surface area (TPSA) is 95.2 Å². The molecule has 0 radical (unpaired) electrons. The number of anilines is 1. The highest BCUT2D eigenvalue weighted by Crippen LogP contribution is 2.17. The van der Waals surface area contributed by atoms with E-state index in [9.17, 15) is 14.4 Å². The first-order valence-electron chi connectivity index (χ1n) is 10.6. The Kier molecular flexibility index (Phi) is 6.08. The molecule has 4 aromatic rings. The Bertz CT molecular complexity index is 1400. The zero-order chi connectivity index (χ0) is 23.5. The van der Waals surface area contributed by atoms with Gasteiger partial charge in [-0.25, -0.2) is 14.5 Å². The molecule has 0 bridgehead atoms. The maximum absolute atomic E-state index is 13.2. The number of fused-ring (bicyclic) bond motifs is 1. The van der Waals surface area contributed by atoms with E-state index >= 15 is 0 Å². The highest BCUT2D eigenvalue weighted by molar-refractivity contribution is 5.93. The number of esters is 1. The van der Waals surface area contributed by atoms with Gasteiger partial charge in [0, 0.05) is 11.9 Å². The fraction of sp³-hybridized carbons (Fsp3) is 0.200. The van der Waals surface area contributed by atoms with Crippen molar-refractivity contribution >= 4 is 28.6 Å². The molecule has 2 aromatic heterocycles. The smallest absolute Gasteiger partial charge is 0.338 e. The van der Waals surface area contributed by atoms with E-state index in [2.05, 4.69) is 10.3 Å². The number of amides is 1. The van der Waals surface area contributed by atoms with Gasteiger partial charge in [0.05, 0.1) is 23.2 Å². The molecule has 8 heteroatoms. The Balaban J connectivity index is 1.65. The number of nitrogens with zero attached hydrogens (tertiary/aromatic N) is 3. The van der Waals surface area contributed by atoms with E-state index in [1.807, 2.05) is 32.0 Å². The lowest BCUT2D eigenvalue weighted by Gasteiger charge is -2.14. The van der Waals surface area contributed by atoms with Gasteiger partial charge in [-0.3, -0.25) is 14.3 Å². The number of hydrogen-bond acceptors (Lipinski definition) is 5. The molecule has 168 valence electrons. The number of rotatable bonds is 6. The predicted molar refractivity (Wildman–Crippen MR) is 126 cm³/mol. The third-order valence-corrected chi connectivity index (χ3v) is 5.40. The first-order valence-corrected chi connectivity index (χ1v) is 10.6. The summed E-state index contributed by atoms with van der Waals surface area (Å²) in [6, 6.07) is 15.5. The third kappa shape index (κ3) is 4.41. The number of aryl methyl sites for hydroxylation is 2. The fourth-order valence-corrected chi connectivity index (χ4v) is 3.59. The SMILES string of the molecule is CCOC(=O)c1ccc(NC(=O)Cn2c3ncccc3c(=O)n2-c2ccc(C)c(C)c2)cc1. The van der Waals surface area contributed by atoms with Gasteiger partial charge in [-0.05, 0) is 80.4 Å². The molecule has 0 aliphatic carbocycles. The van der Waals surface area contributed by atoms with Crippen LogP contribution in [-0.4, -0.2) is 32.8 Å². The molecule has 2 aromatic carbocycles. The summed E-state index contributed by atoms with van der Waals surface area (Å²) >= 11 is 0. The maximum atomic E-state index is 13.2. The lowest BCUT2D eigenvalue weighted by Crippen LogP contribution is -2.27. The Hall–Kier alpha value is -4.20. The van der Waals surface area contributed by atoms with Crippen molar-refractivity contribution in [3.8, 4) is 5.69 Å². The number of benzene rings is 2. The van der Waals surface area contributed by atoms with Gasteiger partial charge >= 0.3 is 5.97 Å². The van der Waals surface area contributed by atoms with Gasteiger partial charge in [-0.15, -0.1) is 0 Å². The first-order chi connectivity index (χ1) is 15.9. The van der Waals surface area contributed by atoms with Gasteiger partial charge in [0.1, 0.15) is 6.54 Å². The standard InChI is InChI=1S/C25H24N4O4/c1-4-33-25(32)18-8-10-19(11-9-18)27-22(30)15-28-23-21(6-5-13-26-23)24(31)29(28)20-12-7-16(2)17(3)14-20/h5-14H,4,15H2,1-3H3,(H,27,30). The molecular weight excluding hydrogens is 420 g/mol. The van der Waals surface area contributed by atoms with Gasteiger partial charge in [-0.1, -0.05) is 6.07 Å². The van der Waals surface area contributed by atoms with E-state index in [0.717, 1.165) is 11.1 Å². The number of nitrogens with one attached hydrogen (secondary N) is 1. The quantitative estimate of drug-likeness (QED) is 0.459. The van der Waals surface area contributed by atoms with Crippen molar-refractivity contribution < 1.29 is 14.3 Å². The second kappa shape index (κ2) is 9.12. The van der Waals surface area contributed by atoms with Gasteiger partial charge in [0.25, 0.3) is 5.56 Å². The first kappa shape index (κ1) is 22.0. The average Bonchev–Trinajstić information content (AvgIpc) is 3.08. The normalized spacial score (nSPS) is 10.9. The number of carbonyl (C=O) groups excluding carboxylic acids is 2. The lowest BCUT2D eigenvalue weighted by molar-refractivity contribution is -0.116. The monoisotopic (exact) mass is 444 g/mol. The Morgan fingerprint density at radius 2 is 1.79 bits per heavy atom. The van der Waals surface area contributed by atoms with E-state index in [1.165, 1.54) is 4.68 Å². The van der Waals surface area contributed by atoms with E-state index in [-0.39, 0.29) is 18.0 Å². The molecule has 8 nitrogen and oxygen atoms in total. The zero-order valence-corrected chi connectivity index (χ0v) is 18.7. The minimum atomic E-state index is -0.419. The van der Waals surface area contributed by atoms with Crippen LogP contribution in [0.4, 0.5) is 5.69 Å². The molecule has 0 fully saturated rings. The summed E-state index contributed by atoms with van der Waals surface area (Å²) in [6.07, 6.45) is 1.59. The Morgan fingerprint density at radius 3 is 2.48 bits per heavy atom. The summed E-state index contributed by atoms with van der Waals surface area (Å²) in [5.74, 6) is -0.753. The summed E-state index contributed by atoms with van der Waals surface area (Å²) < 4.78 is 8.03. The molecule has 0 aliphatic heterocycles. The number of aromatic nitrogens is 3. The molecule has 0 spiro atoms. The van der Waals surface area contributed by atoms with Crippen LogP contribution in [-0.2, 0) is 16.1 Å². The molecule has 0 aliphatic rings. The van der Waals surface area contributed by atoms with Crippen LogP contribution in [0, 0.1) is 13.8 Å². The summed E-state index contributed by atoms with van der Waals surface area (Å²) in [5.41, 5.74) is 3.91. The minimum Gasteiger partial charge on any atom is -0.462 e. The van der Waals surface area contributed by atoms with E-state index < -0.39 is 5.97 Å². The molecule has 0 unspecified atom stereocenters. The second-order valence-electron chi connectivity index (χ2n) is 7.66. The zero-order valence-electron chi connectivity index (χ0n) is 18.7. The van der Waals surface area contributed by atoms with Crippen LogP contribution in [0.25, 0.3) is 16.7 Å². The molecule has 0 atom stereocenters. The van der Waals surface area contributed by atoms with Crippen LogP contribution in [0.2, 0.25) is 0 Å². The summed E-state index contributed by atoms with van der Waals surface area (Å²) in [4.78, 5) is 42.2. The van der Waals surface area contributed by atoms with Crippen molar-refractivity contribution in [2.24, 2.45) is 0 Å². The van der Waals surface area contributed by atoms with E-state index in [4.69, 9.17) is 4.74 Å². The second-order valence-corrected chi connectivity index (χ2v) is 7.66. The van der Waals surface area contributed by atoms with Crippen molar-refractivity contribution in [2.45, 2.75) is 27.3 Å². The van der Waals surface area contributed by atoms with Gasteiger partial charge in [-0.2, -0.15) is 0 Å². The van der Waals surface area contributed by atoms with Crippen molar-refractivity contribution in [1.82, 2.24) is 14.3 Å². The Labute approximate surface area is 190 Å². The third-order valence-electron chi connectivity index (χ3n) is 5.40. The fourth-order valence-electron chi connectivity index (χ4n) is 3.59. The van der Waals surface area contributed by atoms with Gasteiger partial charge in [0.15, 0.2) is 5.65 Å². The summed E-state index contributed by atoms with van der Waals surface area (Å²) in [7, 11) is 0. The minimum absolute atomic E-state index is 0.123. The predicted octanol–water partition coefficient (Wildman–Crippen LogP) is 3.62. The maximum Gasteiger partial charge on any atom is 0.338 e. The van der Waals surface area contributed by atoms with Crippen LogP contribution >= 0.6 is 0 Å². The van der Waals surface area contributed by atoms with Crippen LogP contribution in [0.5, 0.6) is 0 Å². The summed E-state index contributed by atoms with van der Waals surface area (Å²) in [5, 5.41) is 3.24. The Morgan fingerprint density at radius 1 is 1.03 bits per heavy atom. The number of pyridine rings is 1. The largest absolute Gasteiger partial charge is 0.462 e. The molecule has 1 amide bonds. The lowest BCUT2D eigenvalue weighted by atomic mass is 10.1. The van der Waals surface area contributed by atoms with Crippen molar-refractivity contribution in [3.63, 3.8) is 0 Å². The number of hydrogen-bond donors (Lipinski definition) is 1. The summed E-state index contributed by atoms with van der Waals surface area (Å²) in [6.45, 7) is 5.88. The van der Waals surface area contributed by atoms with E-state index in [1.54, 1.807) is 54.2 Å². The molecule has 33 heavy (non-hydrogen) atoms.